The third-order valence-corrected chi connectivity index (χ3v) is 4.68. The maximum Gasteiger partial charge on any atom is 0.242 e. The third-order valence-electron chi connectivity index (χ3n) is 4.68. The number of anilines is 1. The highest BCUT2D eigenvalue weighted by Gasteiger charge is 2.20. The Morgan fingerprint density at radius 2 is 1.28 bits per heavy atom. The summed E-state index contributed by atoms with van der Waals surface area (Å²) in [6.07, 6.45) is 0. The minimum atomic E-state index is -0.457. The Labute approximate surface area is 171 Å². The normalized spacial score (nSPS) is 11.6. The zero-order chi connectivity index (χ0) is 20.6. The Hall–Kier alpha value is -3.47. The lowest BCUT2D eigenvalue weighted by Crippen LogP contribution is -2.40. The Balaban J connectivity index is 1.78. The fourth-order valence-corrected chi connectivity index (χ4v) is 3.12. The molecule has 1 unspecified atom stereocenters. The molecule has 0 bridgehead atoms. The molecule has 0 aliphatic carbocycles. The fourth-order valence-electron chi connectivity index (χ4n) is 3.12. The van der Waals surface area contributed by atoms with Crippen LogP contribution in [-0.4, -0.2) is 26.2 Å². The Morgan fingerprint density at radius 1 is 0.793 bits per heavy atom. The highest BCUT2D eigenvalue weighted by molar-refractivity contribution is 5.85. The highest BCUT2D eigenvalue weighted by Crippen LogP contribution is 2.26. The molecule has 150 valence electrons. The van der Waals surface area contributed by atoms with Gasteiger partial charge in [-0.3, -0.25) is 4.79 Å². The average Bonchev–Trinajstić information content (AvgIpc) is 2.78. The minimum Gasteiger partial charge on any atom is -0.497 e. The molecule has 5 nitrogen and oxygen atoms in total. The van der Waals surface area contributed by atoms with E-state index in [0.29, 0.717) is 11.5 Å². The Morgan fingerprint density at radius 3 is 1.72 bits per heavy atom. The average molecular weight is 390 g/mol. The molecule has 0 heterocycles. The van der Waals surface area contributed by atoms with Crippen LogP contribution in [0.3, 0.4) is 0 Å². The summed E-state index contributed by atoms with van der Waals surface area (Å²) in [5.74, 6) is 1.21. The highest BCUT2D eigenvalue weighted by atomic mass is 16.5. The molecule has 0 fully saturated rings. The molecule has 3 aromatic carbocycles. The van der Waals surface area contributed by atoms with Crippen LogP contribution in [0.5, 0.6) is 11.5 Å². The van der Waals surface area contributed by atoms with Crippen molar-refractivity contribution in [2.45, 2.75) is 19.0 Å². The predicted molar refractivity (Wildman–Crippen MR) is 116 cm³/mol. The molecule has 3 rings (SSSR count). The molecule has 0 saturated carbocycles. The van der Waals surface area contributed by atoms with Crippen molar-refractivity contribution in [3.05, 3.63) is 90.0 Å². The molecule has 0 aromatic heterocycles. The summed E-state index contributed by atoms with van der Waals surface area (Å²) in [5.41, 5.74) is 2.81. The zero-order valence-corrected chi connectivity index (χ0v) is 16.9. The van der Waals surface area contributed by atoms with Gasteiger partial charge >= 0.3 is 0 Å². The van der Waals surface area contributed by atoms with Crippen molar-refractivity contribution in [3.63, 3.8) is 0 Å². The van der Waals surface area contributed by atoms with E-state index in [1.807, 2.05) is 79.7 Å². The number of carbonyl (C=O) groups is 1. The van der Waals surface area contributed by atoms with Crippen LogP contribution >= 0.6 is 0 Å². The standard InChI is InChI=1S/C24H26N2O3/c1-17(25-20-14-21(28-2)16-22(15-20)29-3)24(27)26-23(18-10-6-4-7-11-18)19-12-8-5-9-13-19/h4-17,23,25H,1-3H3,(H,26,27). The van der Waals surface area contributed by atoms with Gasteiger partial charge in [-0.2, -0.15) is 0 Å². The van der Waals surface area contributed by atoms with Gasteiger partial charge in [-0.05, 0) is 18.1 Å². The zero-order valence-electron chi connectivity index (χ0n) is 16.9. The van der Waals surface area contributed by atoms with Gasteiger partial charge in [0.1, 0.15) is 17.5 Å². The minimum absolute atomic E-state index is 0.107. The van der Waals surface area contributed by atoms with Gasteiger partial charge in [0.25, 0.3) is 0 Å². The smallest absolute Gasteiger partial charge is 0.242 e. The first-order valence-corrected chi connectivity index (χ1v) is 9.50. The molecular weight excluding hydrogens is 364 g/mol. The number of carbonyl (C=O) groups excluding carboxylic acids is 1. The molecule has 0 spiro atoms. The number of rotatable bonds is 8. The van der Waals surface area contributed by atoms with Gasteiger partial charge in [0, 0.05) is 23.9 Å². The van der Waals surface area contributed by atoms with Gasteiger partial charge < -0.3 is 20.1 Å². The van der Waals surface area contributed by atoms with Gasteiger partial charge in [0.15, 0.2) is 0 Å². The van der Waals surface area contributed by atoms with Gasteiger partial charge in [-0.25, -0.2) is 0 Å². The Bertz CT molecular complexity index is 868. The van der Waals surface area contributed by atoms with Gasteiger partial charge in [0.05, 0.1) is 20.3 Å². The Kier molecular flexibility index (Phi) is 6.74. The molecular formula is C24H26N2O3. The second-order valence-corrected chi connectivity index (χ2v) is 6.73. The van der Waals surface area contributed by atoms with Crippen LogP contribution in [0, 0.1) is 0 Å². The van der Waals surface area contributed by atoms with E-state index in [1.165, 1.54) is 0 Å². The maximum absolute atomic E-state index is 13.0. The van der Waals surface area contributed by atoms with E-state index in [2.05, 4.69) is 10.6 Å². The van der Waals surface area contributed by atoms with Crippen LogP contribution < -0.4 is 20.1 Å². The van der Waals surface area contributed by atoms with Gasteiger partial charge in [-0.1, -0.05) is 60.7 Å². The van der Waals surface area contributed by atoms with Crippen LogP contribution in [0.1, 0.15) is 24.1 Å². The van der Waals surface area contributed by atoms with Crippen molar-refractivity contribution in [2.24, 2.45) is 0 Å². The second kappa shape index (κ2) is 9.64. The van der Waals surface area contributed by atoms with E-state index < -0.39 is 6.04 Å². The van der Waals surface area contributed by atoms with Crippen LogP contribution in [0.25, 0.3) is 0 Å². The van der Waals surface area contributed by atoms with Crippen molar-refractivity contribution in [3.8, 4) is 11.5 Å². The number of amides is 1. The first-order chi connectivity index (χ1) is 14.1. The monoisotopic (exact) mass is 390 g/mol. The van der Waals surface area contributed by atoms with Gasteiger partial charge in [-0.15, -0.1) is 0 Å². The topological polar surface area (TPSA) is 59.6 Å². The molecule has 1 amide bonds. The van der Waals surface area contributed by atoms with Crippen LogP contribution in [-0.2, 0) is 4.79 Å². The molecule has 2 N–H and O–H groups in total. The number of hydrogen-bond donors (Lipinski definition) is 2. The van der Waals surface area contributed by atoms with Crippen molar-refractivity contribution in [1.82, 2.24) is 5.32 Å². The molecule has 0 saturated heterocycles. The summed E-state index contributed by atoms with van der Waals surface area (Å²) in [6, 6.07) is 24.7. The number of hydrogen-bond acceptors (Lipinski definition) is 4. The summed E-state index contributed by atoms with van der Waals surface area (Å²) < 4.78 is 10.6. The van der Waals surface area contributed by atoms with Crippen molar-refractivity contribution >= 4 is 11.6 Å². The van der Waals surface area contributed by atoms with E-state index in [0.717, 1.165) is 16.8 Å². The maximum atomic E-state index is 13.0. The largest absolute Gasteiger partial charge is 0.497 e. The summed E-state index contributed by atoms with van der Waals surface area (Å²) in [6.45, 7) is 1.83. The van der Waals surface area contributed by atoms with E-state index in [9.17, 15) is 4.79 Å². The first kappa shape index (κ1) is 20.3. The molecule has 3 aromatic rings. The number of methoxy groups -OCH3 is 2. The summed E-state index contributed by atoms with van der Waals surface area (Å²) in [7, 11) is 3.19. The van der Waals surface area contributed by atoms with E-state index in [-0.39, 0.29) is 11.9 Å². The lowest BCUT2D eigenvalue weighted by molar-refractivity contribution is -0.122. The third kappa shape index (κ3) is 5.29. The van der Waals surface area contributed by atoms with Crippen LogP contribution in [0.15, 0.2) is 78.9 Å². The number of nitrogens with one attached hydrogen (secondary N) is 2. The molecule has 1 atom stereocenters. The van der Waals surface area contributed by atoms with Crippen LogP contribution in [0.2, 0.25) is 0 Å². The molecule has 29 heavy (non-hydrogen) atoms. The van der Waals surface area contributed by atoms with Crippen molar-refractivity contribution in [1.29, 1.82) is 0 Å². The molecule has 0 radical (unpaired) electrons. The lowest BCUT2D eigenvalue weighted by Gasteiger charge is -2.23. The first-order valence-electron chi connectivity index (χ1n) is 9.50. The van der Waals surface area contributed by atoms with E-state index in [1.54, 1.807) is 20.3 Å². The summed E-state index contributed by atoms with van der Waals surface area (Å²) >= 11 is 0. The molecule has 5 heteroatoms. The second-order valence-electron chi connectivity index (χ2n) is 6.73. The summed E-state index contributed by atoms with van der Waals surface area (Å²) in [5, 5.41) is 6.39. The number of ether oxygens (including phenoxy) is 2. The molecule has 0 aliphatic heterocycles. The SMILES string of the molecule is COc1cc(NC(C)C(=O)NC(c2ccccc2)c2ccccc2)cc(OC)c1. The predicted octanol–water partition coefficient (Wildman–Crippen LogP) is 4.41. The quantitative estimate of drug-likeness (QED) is 0.598. The number of benzene rings is 3. The van der Waals surface area contributed by atoms with Crippen LogP contribution in [0.4, 0.5) is 5.69 Å². The van der Waals surface area contributed by atoms with Crippen molar-refractivity contribution < 1.29 is 14.3 Å². The van der Waals surface area contributed by atoms with E-state index >= 15 is 0 Å². The van der Waals surface area contributed by atoms with E-state index in [4.69, 9.17) is 9.47 Å². The van der Waals surface area contributed by atoms with Gasteiger partial charge in [0.2, 0.25) is 5.91 Å². The fraction of sp³-hybridized carbons (Fsp3) is 0.208. The molecule has 0 aliphatic rings. The van der Waals surface area contributed by atoms with Crippen molar-refractivity contribution in [2.75, 3.05) is 19.5 Å². The summed E-state index contributed by atoms with van der Waals surface area (Å²) in [4.78, 5) is 13.0. The lowest BCUT2D eigenvalue weighted by atomic mass is 9.98.